The Bertz CT molecular complexity index is 593. The number of amides is 1. The molecule has 0 spiro atoms. The summed E-state index contributed by atoms with van der Waals surface area (Å²) in [6.45, 7) is -0.406. The van der Waals surface area contributed by atoms with E-state index in [1.54, 1.807) is 0 Å². The van der Waals surface area contributed by atoms with Gasteiger partial charge in [0.25, 0.3) is 0 Å². The number of carboxylic acids is 1. The van der Waals surface area contributed by atoms with Crippen LogP contribution in [0.4, 0.5) is 5.69 Å². The lowest BCUT2D eigenvalue weighted by molar-refractivity contribution is -0.116. The third-order valence-corrected chi connectivity index (χ3v) is 3.21. The fraction of sp³-hybridized carbons (Fsp3) is 0.333. The van der Waals surface area contributed by atoms with Crippen LogP contribution in [-0.4, -0.2) is 55.7 Å². The number of carbonyl (C=O) groups is 2. The molecule has 2 N–H and O–H groups in total. The summed E-state index contributed by atoms with van der Waals surface area (Å²) in [5, 5.41) is 17.7. The molecule has 0 saturated heterocycles. The molecule has 8 heteroatoms. The van der Waals surface area contributed by atoms with Crippen LogP contribution in [0.25, 0.3) is 0 Å². The van der Waals surface area contributed by atoms with Crippen molar-refractivity contribution >= 4 is 27.4 Å². The Morgan fingerprint density at radius 2 is 1.75 bits per heavy atom. The van der Waals surface area contributed by atoms with Crippen LogP contribution in [0.3, 0.4) is 0 Å². The summed E-state index contributed by atoms with van der Waals surface area (Å²) in [6, 6.07) is 5.38. The minimum absolute atomic E-state index is 0.0493. The number of hydrogen-bond acceptors (Lipinski definition) is 5. The second-order valence-electron chi connectivity index (χ2n) is 4.19. The van der Waals surface area contributed by atoms with Gasteiger partial charge in [-0.2, -0.15) is 0 Å². The van der Waals surface area contributed by atoms with E-state index in [1.807, 2.05) is 0 Å². The highest BCUT2D eigenvalue weighted by molar-refractivity contribution is 7.91. The van der Waals surface area contributed by atoms with Gasteiger partial charge in [0.15, 0.2) is 9.84 Å². The van der Waals surface area contributed by atoms with E-state index in [4.69, 9.17) is 10.2 Å². The van der Waals surface area contributed by atoms with E-state index < -0.39 is 27.5 Å². The molecular weight excluding hydrogens is 286 g/mol. The van der Waals surface area contributed by atoms with Crippen LogP contribution in [0.1, 0.15) is 10.4 Å². The van der Waals surface area contributed by atoms with Gasteiger partial charge in [0.05, 0.1) is 12.2 Å². The van der Waals surface area contributed by atoms with Crippen LogP contribution >= 0.6 is 0 Å². The number of aliphatic hydroxyl groups is 1. The summed E-state index contributed by atoms with van der Waals surface area (Å²) >= 11 is 0. The highest BCUT2D eigenvalue weighted by Gasteiger charge is 2.20. The molecule has 7 nitrogen and oxygen atoms in total. The van der Waals surface area contributed by atoms with E-state index >= 15 is 0 Å². The number of benzene rings is 1. The molecule has 0 aliphatic heterocycles. The Hall–Kier alpha value is -1.93. The van der Waals surface area contributed by atoms with Gasteiger partial charge in [-0.05, 0) is 24.3 Å². The van der Waals surface area contributed by atoms with Crippen molar-refractivity contribution in [2.45, 2.75) is 0 Å². The van der Waals surface area contributed by atoms with Gasteiger partial charge in [0, 0.05) is 18.5 Å². The molecule has 0 heterocycles. The molecule has 110 valence electrons. The SMILES string of the molecule is CS(=O)(=O)CC(=O)N(CCO)c1ccc(C(=O)O)cc1. The van der Waals surface area contributed by atoms with Gasteiger partial charge in [-0.1, -0.05) is 0 Å². The van der Waals surface area contributed by atoms with Crippen molar-refractivity contribution in [1.29, 1.82) is 0 Å². The predicted molar refractivity (Wildman–Crippen MR) is 72.6 cm³/mol. The second kappa shape index (κ2) is 6.49. The molecule has 0 aromatic heterocycles. The fourth-order valence-electron chi connectivity index (χ4n) is 1.58. The van der Waals surface area contributed by atoms with E-state index in [1.165, 1.54) is 24.3 Å². The van der Waals surface area contributed by atoms with Crippen molar-refractivity contribution in [3.8, 4) is 0 Å². The Balaban J connectivity index is 3.01. The van der Waals surface area contributed by atoms with E-state index in [0.717, 1.165) is 11.2 Å². The number of carboxylic acid groups (broad SMARTS) is 1. The van der Waals surface area contributed by atoms with Gasteiger partial charge >= 0.3 is 5.97 Å². The van der Waals surface area contributed by atoms with E-state index in [-0.39, 0.29) is 18.7 Å². The summed E-state index contributed by atoms with van der Waals surface area (Å²) in [6.07, 6.45) is 0.940. The van der Waals surface area contributed by atoms with Crippen LogP contribution in [0, 0.1) is 0 Å². The van der Waals surface area contributed by atoms with Crippen LogP contribution in [0.15, 0.2) is 24.3 Å². The minimum Gasteiger partial charge on any atom is -0.478 e. The van der Waals surface area contributed by atoms with Crippen LogP contribution in [-0.2, 0) is 14.6 Å². The van der Waals surface area contributed by atoms with Gasteiger partial charge in [0.1, 0.15) is 5.75 Å². The minimum atomic E-state index is -3.48. The van der Waals surface area contributed by atoms with Gasteiger partial charge in [-0.25, -0.2) is 13.2 Å². The Morgan fingerprint density at radius 3 is 2.15 bits per heavy atom. The monoisotopic (exact) mass is 301 g/mol. The zero-order valence-corrected chi connectivity index (χ0v) is 11.6. The topological polar surface area (TPSA) is 112 Å². The lowest BCUT2D eigenvalue weighted by Crippen LogP contribution is -2.37. The predicted octanol–water partition coefficient (Wildman–Crippen LogP) is -0.245. The molecule has 0 saturated carbocycles. The summed E-state index contributed by atoms with van der Waals surface area (Å²) in [4.78, 5) is 23.7. The molecule has 1 aromatic carbocycles. The van der Waals surface area contributed by atoms with Gasteiger partial charge < -0.3 is 15.1 Å². The Kier molecular flexibility index (Phi) is 5.23. The molecule has 0 radical (unpaired) electrons. The molecule has 0 bridgehead atoms. The lowest BCUT2D eigenvalue weighted by atomic mass is 10.2. The summed E-state index contributed by atoms with van der Waals surface area (Å²) < 4.78 is 22.3. The lowest BCUT2D eigenvalue weighted by Gasteiger charge is -2.21. The normalized spacial score (nSPS) is 11.1. The van der Waals surface area contributed by atoms with Gasteiger partial charge in [-0.15, -0.1) is 0 Å². The number of aromatic carboxylic acids is 1. The zero-order chi connectivity index (χ0) is 15.3. The molecule has 0 aliphatic rings. The van der Waals surface area contributed by atoms with Crippen molar-refractivity contribution < 1.29 is 28.2 Å². The summed E-state index contributed by atoms with van der Waals surface area (Å²) in [5.74, 6) is -2.45. The quantitative estimate of drug-likeness (QED) is 0.749. The first kappa shape index (κ1) is 16.1. The van der Waals surface area contributed by atoms with Crippen molar-refractivity contribution in [3.05, 3.63) is 29.8 Å². The largest absolute Gasteiger partial charge is 0.478 e. The molecule has 20 heavy (non-hydrogen) atoms. The standard InChI is InChI=1S/C12H15NO6S/c1-20(18,19)8-11(15)13(6-7-14)10-4-2-9(3-5-10)12(16)17/h2-5,14H,6-8H2,1H3,(H,16,17). The maximum atomic E-state index is 11.9. The third kappa shape index (κ3) is 4.63. The number of anilines is 1. The molecule has 1 aromatic rings. The van der Waals surface area contributed by atoms with Crippen LogP contribution < -0.4 is 4.90 Å². The smallest absolute Gasteiger partial charge is 0.335 e. The number of nitrogens with zero attached hydrogens (tertiary/aromatic N) is 1. The highest BCUT2D eigenvalue weighted by Crippen LogP contribution is 2.16. The number of sulfone groups is 1. The molecule has 0 aliphatic carbocycles. The maximum absolute atomic E-state index is 11.9. The molecular formula is C12H15NO6S. The number of aliphatic hydroxyl groups excluding tert-OH is 1. The van der Waals surface area contributed by atoms with Crippen molar-refractivity contribution in [3.63, 3.8) is 0 Å². The highest BCUT2D eigenvalue weighted by atomic mass is 32.2. The zero-order valence-electron chi connectivity index (χ0n) is 10.8. The second-order valence-corrected chi connectivity index (χ2v) is 6.33. The van der Waals surface area contributed by atoms with Crippen molar-refractivity contribution in [2.75, 3.05) is 30.1 Å². The molecule has 0 fully saturated rings. The van der Waals surface area contributed by atoms with E-state index in [9.17, 15) is 18.0 Å². The van der Waals surface area contributed by atoms with Crippen molar-refractivity contribution in [1.82, 2.24) is 0 Å². The van der Waals surface area contributed by atoms with Crippen LogP contribution in [0.5, 0.6) is 0 Å². The third-order valence-electron chi connectivity index (χ3n) is 2.44. The van der Waals surface area contributed by atoms with E-state index in [2.05, 4.69) is 0 Å². The summed E-state index contributed by atoms with van der Waals surface area (Å²) in [5.41, 5.74) is 0.381. The average Bonchev–Trinajstić information content (AvgIpc) is 2.34. The molecule has 0 atom stereocenters. The first-order valence-corrected chi connectivity index (χ1v) is 7.73. The van der Waals surface area contributed by atoms with Crippen LogP contribution in [0.2, 0.25) is 0 Å². The first-order valence-electron chi connectivity index (χ1n) is 5.67. The molecule has 1 rings (SSSR count). The van der Waals surface area contributed by atoms with Gasteiger partial charge in [0.2, 0.25) is 5.91 Å². The number of carbonyl (C=O) groups excluding carboxylic acids is 1. The van der Waals surface area contributed by atoms with E-state index in [0.29, 0.717) is 5.69 Å². The number of hydrogen-bond donors (Lipinski definition) is 2. The molecule has 1 amide bonds. The Morgan fingerprint density at radius 1 is 1.20 bits per heavy atom. The fourth-order valence-corrected chi connectivity index (χ4v) is 2.19. The summed E-state index contributed by atoms with van der Waals surface area (Å²) in [7, 11) is -3.48. The average molecular weight is 301 g/mol. The molecule has 0 unspecified atom stereocenters. The maximum Gasteiger partial charge on any atom is 0.335 e. The first-order chi connectivity index (χ1) is 9.24. The Labute approximate surface area is 116 Å². The van der Waals surface area contributed by atoms with Gasteiger partial charge in [-0.3, -0.25) is 4.79 Å². The number of rotatable bonds is 6. The van der Waals surface area contributed by atoms with Crippen molar-refractivity contribution in [2.24, 2.45) is 0 Å².